The highest BCUT2D eigenvalue weighted by Crippen LogP contribution is 2.20. The van der Waals surface area contributed by atoms with E-state index in [-0.39, 0.29) is 3.89 Å². The topological polar surface area (TPSA) is 43.4 Å². The Bertz CT molecular complexity index is 446. The van der Waals surface area contributed by atoms with Crippen molar-refractivity contribution in [2.24, 2.45) is 0 Å². The van der Waals surface area contributed by atoms with Crippen LogP contribution in [0.15, 0.2) is 24.3 Å². The second-order valence-electron chi connectivity index (χ2n) is 4.17. The van der Waals surface area contributed by atoms with Gasteiger partial charge in [-0.05, 0) is 18.6 Å². The van der Waals surface area contributed by atoms with Crippen LogP contribution in [-0.2, 0) is 10.3 Å². The molecule has 0 heterocycles. The first-order valence-corrected chi connectivity index (χ1v) is 5.92. The van der Waals surface area contributed by atoms with Crippen LogP contribution in [0.25, 0.3) is 0 Å². The molecule has 0 radical (unpaired) electrons. The zero-order chi connectivity index (χ0) is 11.7. The number of hydrogen-bond donors (Lipinski definition) is 0. The van der Waals surface area contributed by atoms with E-state index >= 15 is 0 Å². The van der Waals surface area contributed by atoms with Crippen molar-refractivity contribution < 1.29 is 16.5 Å². The molecule has 0 N–H and O–H groups in total. The second kappa shape index (κ2) is 3.83. The van der Waals surface area contributed by atoms with Crippen LogP contribution in [0.1, 0.15) is 5.56 Å². The van der Waals surface area contributed by atoms with Gasteiger partial charge in [0.25, 0.3) is 0 Å². The molecule has 84 valence electrons. The molecule has 0 bridgehead atoms. The molecule has 0 aliphatic heterocycles. The van der Waals surface area contributed by atoms with Crippen molar-refractivity contribution in [3.8, 4) is 5.75 Å². The van der Waals surface area contributed by atoms with Crippen molar-refractivity contribution in [2.45, 2.75) is 6.92 Å². The van der Waals surface area contributed by atoms with Crippen LogP contribution in [0, 0.1) is 6.92 Å². The largest absolute Gasteiger partial charge is 0.484 e. The van der Waals surface area contributed by atoms with Gasteiger partial charge in [0, 0.05) is 0 Å². The maximum Gasteiger partial charge on any atom is 0.484 e. The van der Waals surface area contributed by atoms with Gasteiger partial charge in [-0.15, -0.1) is 8.42 Å². The highest BCUT2D eigenvalue weighted by molar-refractivity contribution is 7.81. The Balaban J connectivity index is 3.03. The molecule has 1 rings (SSSR count). The summed E-state index contributed by atoms with van der Waals surface area (Å²) in [6.45, 7) is 1.81. The van der Waals surface area contributed by atoms with Crippen LogP contribution in [0.5, 0.6) is 5.75 Å². The molecule has 0 spiro atoms. The van der Waals surface area contributed by atoms with Crippen molar-refractivity contribution in [1.29, 1.82) is 0 Å². The number of benzene rings is 1. The lowest BCUT2D eigenvalue weighted by molar-refractivity contribution is -0.743. The third-order valence-electron chi connectivity index (χ3n) is 1.96. The molecular formula is C10H16NO3S+. The van der Waals surface area contributed by atoms with Crippen molar-refractivity contribution in [3.05, 3.63) is 29.8 Å². The molecule has 5 heteroatoms. The van der Waals surface area contributed by atoms with Gasteiger partial charge in [-0.25, -0.2) is 0 Å². The quantitative estimate of drug-likeness (QED) is 0.736. The van der Waals surface area contributed by atoms with E-state index in [1.807, 2.05) is 6.07 Å². The summed E-state index contributed by atoms with van der Waals surface area (Å²) in [5.74, 6) is 0.380. The number of hydrogen-bond acceptors (Lipinski definition) is 3. The number of aryl methyl sites for hydroxylation is 1. The first-order valence-electron chi connectivity index (χ1n) is 4.56. The van der Waals surface area contributed by atoms with E-state index in [4.69, 9.17) is 4.18 Å². The lowest BCUT2D eigenvalue weighted by Crippen LogP contribution is -2.43. The van der Waals surface area contributed by atoms with Crippen LogP contribution < -0.4 is 4.18 Å². The van der Waals surface area contributed by atoms with Crippen molar-refractivity contribution >= 4 is 10.3 Å². The van der Waals surface area contributed by atoms with E-state index in [9.17, 15) is 8.42 Å². The van der Waals surface area contributed by atoms with Gasteiger partial charge in [0.15, 0.2) is 5.75 Å². The zero-order valence-electron chi connectivity index (χ0n) is 9.39. The van der Waals surface area contributed by atoms with Gasteiger partial charge in [-0.1, -0.05) is 18.2 Å². The number of rotatable bonds is 3. The monoisotopic (exact) mass is 230 g/mol. The molecule has 0 amide bonds. The predicted octanol–water partition coefficient (Wildman–Crippen LogP) is 1.32. The fourth-order valence-corrected chi connectivity index (χ4v) is 1.51. The van der Waals surface area contributed by atoms with Crippen molar-refractivity contribution in [3.63, 3.8) is 0 Å². The average Bonchev–Trinajstić information content (AvgIpc) is 2.06. The summed E-state index contributed by atoms with van der Waals surface area (Å²) in [5.41, 5.74) is 0.800. The van der Waals surface area contributed by atoms with E-state index in [2.05, 4.69) is 0 Å². The standard InChI is InChI=1S/C10H16NO3S/c1-9-7-5-6-8-10(9)14-15(12,13)11(2,3)4/h5-8H,1-4H3/q+1. The SMILES string of the molecule is Cc1ccccc1OS(=O)(=O)[N+](C)(C)C. The summed E-state index contributed by atoms with van der Waals surface area (Å²) in [5, 5.41) is 0. The smallest absolute Gasteiger partial charge is 0.341 e. The Morgan fingerprint density at radius 2 is 1.67 bits per heavy atom. The molecule has 15 heavy (non-hydrogen) atoms. The van der Waals surface area contributed by atoms with Crippen LogP contribution in [0.4, 0.5) is 0 Å². The van der Waals surface area contributed by atoms with Crippen LogP contribution in [0.3, 0.4) is 0 Å². The van der Waals surface area contributed by atoms with Crippen LogP contribution in [0.2, 0.25) is 0 Å². The third-order valence-corrected chi connectivity index (χ3v) is 3.69. The minimum Gasteiger partial charge on any atom is -0.341 e. The lowest BCUT2D eigenvalue weighted by atomic mass is 10.2. The molecule has 1 aromatic carbocycles. The Hall–Kier alpha value is -1.07. The molecule has 0 atom stereocenters. The minimum atomic E-state index is -3.64. The summed E-state index contributed by atoms with van der Waals surface area (Å²) in [7, 11) is 1.01. The van der Waals surface area contributed by atoms with Gasteiger partial charge in [-0.3, -0.25) is 0 Å². The van der Waals surface area contributed by atoms with Gasteiger partial charge in [-0.2, -0.15) is 3.89 Å². The summed E-state index contributed by atoms with van der Waals surface area (Å²) in [6, 6.07) is 7.03. The molecule has 0 aliphatic carbocycles. The summed E-state index contributed by atoms with van der Waals surface area (Å²) < 4.78 is 28.2. The van der Waals surface area contributed by atoms with E-state index in [1.165, 1.54) is 0 Å². The summed E-state index contributed by atoms with van der Waals surface area (Å²) in [4.78, 5) is 0. The van der Waals surface area contributed by atoms with E-state index in [0.717, 1.165) is 5.56 Å². The third kappa shape index (κ3) is 2.70. The maximum atomic E-state index is 11.7. The van der Waals surface area contributed by atoms with Crippen LogP contribution >= 0.6 is 0 Å². The number of quaternary nitrogens is 1. The van der Waals surface area contributed by atoms with Gasteiger partial charge >= 0.3 is 10.3 Å². The molecular weight excluding hydrogens is 214 g/mol. The predicted molar refractivity (Wildman–Crippen MR) is 58.8 cm³/mol. The highest BCUT2D eigenvalue weighted by atomic mass is 32.2. The number of para-hydroxylation sites is 1. The highest BCUT2D eigenvalue weighted by Gasteiger charge is 2.31. The first kappa shape index (κ1) is 12.0. The summed E-state index contributed by atoms with van der Waals surface area (Å²) in [6.07, 6.45) is 0. The van der Waals surface area contributed by atoms with E-state index in [0.29, 0.717) is 5.75 Å². The second-order valence-corrected chi connectivity index (χ2v) is 6.28. The molecule has 0 fully saturated rings. The lowest BCUT2D eigenvalue weighted by Gasteiger charge is -2.21. The normalized spacial score (nSPS) is 12.5. The number of nitrogens with zero attached hydrogens (tertiary/aromatic N) is 1. The van der Waals surface area contributed by atoms with Crippen molar-refractivity contribution in [2.75, 3.05) is 21.1 Å². The maximum absolute atomic E-state index is 11.7. The molecule has 0 unspecified atom stereocenters. The van der Waals surface area contributed by atoms with Crippen LogP contribution in [-0.4, -0.2) is 33.4 Å². The Labute approximate surface area is 90.9 Å². The molecule has 0 saturated carbocycles. The van der Waals surface area contributed by atoms with Gasteiger partial charge in [0.1, 0.15) is 0 Å². The fourth-order valence-electron chi connectivity index (χ4n) is 0.875. The first-order chi connectivity index (χ1) is 6.74. The van der Waals surface area contributed by atoms with Gasteiger partial charge in [0.05, 0.1) is 21.1 Å². The minimum absolute atomic E-state index is 0.263. The molecule has 4 nitrogen and oxygen atoms in total. The Kier molecular flexibility index (Phi) is 3.06. The zero-order valence-corrected chi connectivity index (χ0v) is 10.2. The fraction of sp³-hybridized carbons (Fsp3) is 0.400. The molecule has 1 aromatic rings. The molecule has 0 saturated heterocycles. The Morgan fingerprint density at radius 3 is 2.13 bits per heavy atom. The van der Waals surface area contributed by atoms with E-state index < -0.39 is 10.3 Å². The Morgan fingerprint density at radius 1 is 1.13 bits per heavy atom. The van der Waals surface area contributed by atoms with Gasteiger partial charge < -0.3 is 4.18 Å². The van der Waals surface area contributed by atoms with Crippen molar-refractivity contribution in [1.82, 2.24) is 0 Å². The molecule has 0 aromatic heterocycles. The molecule has 0 aliphatic rings. The average molecular weight is 230 g/mol. The summed E-state index contributed by atoms with van der Waals surface area (Å²) >= 11 is 0. The van der Waals surface area contributed by atoms with E-state index in [1.54, 1.807) is 46.3 Å². The van der Waals surface area contributed by atoms with Gasteiger partial charge in [0.2, 0.25) is 0 Å².